The number of benzene rings is 1. The Labute approximate surface area is 150 Å². The van der Waals surface area contributed by atoms with Gasteiger partial charge in [0.25, 0.3) is 11.2 Å². The molecule has 1 aromatic heterocycles. The third-order valence-electron chi connectivity index (χ3n) is 3.99. The largest absolute Gasteiger partial charge is 0.489 e. The van der Waals surface area contributed by atoms with Crippen molar-refractivity contribution in [1.82, 2.24) is 4.57 Å². The van der Waals surface area contributed by atoms with Gasteiger partial charge in [-0.15, -0.1) is 0 Å². The van der Waals surface area contributed by atoms with Crippen LogP contribution < -0.4 is 15.0 Å². The minimum Gasteiger partial charge on any atom is -0.489 e. The predicted octanol–water partition coefficient (Wildman–Crippen LogP) is 3.33. The van der Waals surface area contributed by atoms with Crippen molar-refractivity contribution in [2.45, 2.75) is 39.5 Å². The van der Waals surface area contributed by atoms with Crippen molar-refractivity contribution in [2.75, 3.05) is 6.61 Å². The van der Waals surface area contributed by atoms with Gasteiger partial charge in [-0.2, -0.15) is 0 Å². The fourth-order valence-electron chi connectivity index (χ4n) is 2.66. The Balaban J connectivity index is 2.55. The SMILES string of the molecule is CCCCCCOc1c(OC(C)=O)c(=O)n(C)c2cc([N+](=O)[O-])ccc12. The van der Waals surface area contributed by atoms with Crippen molar-refractivity contribution < 1.29 is 19.2 Å². The number of unbranched alkanes of at least 4 members (excludes halogenated alkanes) is 3. The van der Waals surface area contributed by atoms with Crippen molar-refractivity contribution in [3.63, 3.8) is 0 Å². The number of carbonyl (C=O) groups is 1. The lowest BCUT2D eigenvalue weighted by Crippen LogP contribution is -2.22. The monoisotopic (exact) mass is 362 g/mol. The number of nitro groups is 1. The molecule has 140 valence electrons. The molecule has 8 nitrogen and oxygen atoms in total. The normalized spacial score (nSPS) is 10.7. The quantitative estimate of drug-likeness (QED) is 0.309. The van der Waals surface area contributed by atoms with Crippen molar-refractivity contribution >= 4 is 22.6 Å². The van der Waals surface area contributed by atoms with Crippen LogP contribution in [0, 0.1) is 10.1 Å². The maximum absolute atomic E-state index is 12.6. The molecule has 0 aliphatic heterocycles. The van der Waals surface area contributed by atoms with Gasteiger partial charge in [0.05, 0.1) is 17.0 Å². The number of nitro benzene ring substituents is 1. The number of pyridine rings is 1. The minimum atomic E-state index is -0.640. The Bertz CT molecular complexity index is 887. The number of esters is 1. The second-order valence-electron chi connectivity index (χ2n) is 5.98. The van der Waals surface area contributed by atoms with Crippen molar-refractivity contribution in [3.05, 3.63) is 38.7 Å². The van der Waals surface area contributed by atoms with E-state index in [0.717, 1.165) is 25.7 Å². The molecule has 0 atom stereocenters. The van der Waals surface area contributed by atoms with E-state index in [1.807, 2.05) is 0 Å². The minimum absolute atomic E-state index is 0.137. The topological polar surface area (TPSA) is 101 Å². The molecule has 0 fully saturated rings. The number of nitrogens with zero attached hydrogens (tertiary/aromatic N) is 2. The second-order valence-corrected chi connectivity index (χ2v) is 5.98. The molecule has 0 saturated carbocycles. The first kappa shape index (κ1) is 19.4. The highest BCUT2D eigenvalue weighted by atomic mass is 16.6. The molecule has 26 heavy (non-hydrogen) atoms. The standard InChI is InChI=1S/C18H22N2O6/c1-4-5-6-7-10-25-16-14-9-8-13(20(23)24)11-15(14)19(3)18(22)17(16)26-12(2)21/h8-9,11H,4-7,10H2,1-3H3. The van der Waals surface area contributed by atoms with Crippen molar-refractivity contribution in [2.24, 2.45) is 7.05 Å². The van der Waals surface area contributed by atoms with E-state index in [0.29, 0.717) is 17.5 Å². The molecule has 2 aromatic rings. The van der Waals surface area contributed by atoms with E-state index in [1.165, 1.54) is 36.7 Å². The van der Waals surface area contributed by atoms with Crippen LogP contribution in [0.2, 0.25) is 0 Å². The van der Waals surface area contributed by atoms with Crippen LogP contribution in [0.4, 0.5) is 5.69 Å². The molecule has 0 amide bonds. The zero-order chi connectivity index (χ0) is 19.3. The van der Waals surface area contributed by atoms with Crippen LogP contribution in [0.1, 0.15) is 39.5 Å². The molecule has 1 heterocycles. The van der Waals surface area contributed by atoms with E-state index >= 15 is 0 Å². The third-order valence-corrected chi connectivity index (χ3v) is 3.99. The van der Waals surface area contributed by atoms with Crippen LogP contribution in [0.5, 0.6) is 11.5 Å². The Morgan fingerprint density at radius 3 is 2.58 bits per heavy atom. The average molecular weight is 362 g/mol. The van der Waals surface area contributed by atoms with Crippen molar-refractivity contribution in [1.29, 1.82) is 0 Å². The summed E-state index contributed by atoms with van der Waals surface area (Å²) < 4.78 is 12.1. The zero-order valence-corrected chi connectivity index (χ0v) is 15.1. The fourth-order valence-corrected chi connectivity index (χ4v) is 2.66. The van der Waals surface area contributed by atoms with Crippen LogP contribution in [0.15, 0.2) is 23.0 Å². The Morgan fingerprint density at radius 1 is 1.23 bits per heavy atom. The Morgan fingerprint density at radius 2 is 1.96 bits per heavy atom. The molecular weight excluding hydrogens is 340 g/mol. The summed E-state index contributed by atoms with van der Waals surface area (Å²) in [6, 6.07) is 4.13. The first-order valence-corrected chi connectivity index (χ1v) is 8.49. The van der Waals surface area contributed by atoms with Gasteiger partial charge in [0.1, 0.15) is 0 Å². The Hall–Kier alpha value is -2.90. The fraction of sp³-hybridized carbons (Fsp3) is 0.444. The van der Waals surface area contributed by atoms with E-state index in [9.17, 15) is 19.7 Å². The summed E-state index contributed by atoms with van der Waals surface area (Å²) in [6.45, 7) is 3.65. The highest BCUT2D eigenvalue weighted by Gasteiger charge is 2.21. The first-order chi connectivity index (χ1) is 12.4. The number of fused-ring (bicyclic) bond motifs is 1. The summed E-state index contributed by atoms with van der Waals surface area (Å²) in [5.41, 5.74) is -0.387. The number of hydrogen-bond acceptors (Lipinski definition) is 6. The maximum Gasteiger partial charge on any atom is 0.308 e. The zero-order valence-electron chi connectivity index (χ0n) is 15.1. The number of non-ortho nitro benzene ring substituents is 1. The molecule has 0 radical (unpaired) electrons. The number of hydrogen-bond donors (Lipinski definition) is 0. The molecule has 8 heteroatoms. The molecule has 0 aliphatic rings. The van der Waals surface area contributed by atoms with Gasteiger partial charge in [-0.3, -0.25) is 19.7 Å². The van der Waals surface area contributed by atoms with E-state index in [2.05, 4.69) is 6.92 Å². The molecule has 0 bridgehead atoms. The van der Waals surface area contributed by atoms with Crippen LogP contribution in [0.25, 0.3) is 10.9 Å². The molecular formula is C18H22N2O6. The molecule has 0 aliphatic carbocycles. The summed E-state index contributed by atoms with van der Waals surface area (Å²) >= 11 is 0. The van der Waals surface area contributed by atoms with Crippen LogP contribution in [-0.2, 0) is 11.8 Å². The third kappa shape index (κ3) is 4.19. The smallest absolute Gasteiger partial charge is 0.308 e. The average Bonchev–Trinajstić information content (AvgIpc) is 2.60. The second kappa shape index (κ2) is 8.46. The van der Waals surface area contributed by atoms with Crippen LogP contribution >= 0.6 is 0 Å². The maximum atomic E-state index is 12.6. The van der Waals surface area contributed by atoms with Gasteiger partial charge in [0.15, 0.2) is 5.75 Å². The van der Waals surface area contributed by atoms with Gasteiger partial charge in [-0.05, 0) is 12.5 Å². The van der Waals surface area contributed by atoms with Gasteiger partial charge < -0.3 is 14.0 Å². The molecule has 1 aromatic carbocycles. The van der Waals surface area contributed by atoms with Gasteiger partial charge >= 0.3 is 5.97 Å². The van der Waals surface area contributed by atoms with Gasteiger partial charge in [-0.25, -0.2) is 0 Å². The lowest BCUT2D eigenvalue weighted by molar-refractivity contribution is -0.384. The van der Waals surface area contributed by atoms with Gasteiger partial charge in [-0.1, -0.05) is 26.2 Å². The molecule has 0 N–H and O–H groups in total. The first-order valence-electron chi connectivity index (χ1n) is 8.49. The summed E-state index contributed by atoms with van der Waals surface area (Å²) in [4.78, 5) is 34.5. The molecule has 0 spiro atoms. The molecule has 2 rings (SSSR count). The number of aromatic nitrogens is 1. The lowest BCUT2D eigenvalue weighted by atomic mass is 10.1. The summed E-state index contributed by atoms with van der Waals surface area (Å²) in [6.07, 6.45) is 3.92. The number of carbonyl (C=O) groups excluding carboxylic acids is 1. The van der Waals surface area contributed by atoms with E-state index < -0.39 is 16.5 Å². The summed E-state index contributed by atoms with van der Waals surface area (Å²) in [5.74, 6) is -0.694. The summed E-state index contributed by atoms with van der Waals surface area (Å²) in [7, 11) is 1.46. The van der Waals surface area contributed by atoms with E-state index in [4.69, 9.17) is 9.47 Å². The van der Waals surface area contributed by atoms with Gasteiger partial charge in [0.2, 0.25) is 5.75 Å². The number of ether oxygens (including phenoxy) is 2. The lowest BCUT2D eigenvalue weighted by Gasteiger charge is -2.15. The highest BCUT2D eigenvalue weighted by Crippen LogP contribution is 2.34. The predicted molar refractivity (Wildman–Crippen MR) is 96.8 cm³/mol. The van der Waals surface area contributed by atoms with Crippen molar-refractivity contribution in [3.8, 4) is 11.5 Å². The van der Waals surface area contributed by atoms with Crippen LogP contribution in [-0.4, -0.2) is 22.1 Å². The molecule has 0 saturated heterocycles. The number of rotatable bonds is 8. The van der Waals surface area contributed by atoms with E-state index in [-0.39, 0.29) is 17.2 Å². The van der Waals surface area contributed by atoms with Crippen LogP contribution in [0.3, 0.4) is 0 Å². The molecule has 0 unspecified atom stereocenters. The van der Waals surface area contributed by atoms with Gasteiger partial charge in [0, 0.05) is 31.5 Å². The summed E-state index contributed by atoms with van der Waals surface area (Å²) in [5, 5.41) is 11.5. The van der Waals surface area contributed by atoms with E-state index in [1.54, 1.807) is 0 Å². The number of aryl methyl sites for hydroxylation is 1. The Kier molecular flexibility index (Phi) is 6.32. The highest BCUT2D eigenvalue weighted by molar-refractivity contribution is 5.90.